The molecule has 26 heavy (non-hydrogen) atoms. The van der Waals surface area contributed by atoms with Gasteiger partial charge in [0.2, 0.25) is 11.8 Å². The highest BCUT2D eigenvalue weighted by Crippen LogP contribution is 2.46. The topological polar surface area (TPSA) is 58.2 Å². The van der Waals surface area contributed by atoms with Crippen molar-refractivity contribution in [1.29, 1.82) is 0 Å². The highest BCUT2D eigenvalue weighted by atomic mass is 19.1. The molecule has 1 aliphatic rings. The lowest BCUT2D eigenvalue weighted by molar-refractivity contribution is -0.137. The average Bonchev–Trinajstić information content (AvgIpc) is 3.47. The molecule has 2 N–H and O–H groups in total. The lowest BCUT2D eigenvalue weighted by atomic mass is 10.0. The van der Waals surface area contributed by atoms with Crippen LogP contribution in [0.4, 0.5) is 4.39 Å². The zero-order valence-electron chi connectivity index (χ0n) is 14.6. The SMILES string of the molecule is O=C(NCCCc1ccccc1)C1(C(=O)NCc2ccc(F)cc2)CC1. The molecule has 0 spiro atoms. The monoisotopic (exact) mass is 354 g/mol. The molecule has 0 aliphatic heterocycles. The van der Waals surface area contributed by atoms with Crippen molar-refractivity contribution in [3.05, 3.63) is 71.5 Å². The Kier molecular flexibility index (Phi) is 5.66. The van der Waals surface area contributed by atoms with E-state index < -0.39 is 5.41 Å². The fraction of sp³-hybridized carbons (Fsp3) is 0.333. The van der Waals surface area contributed by atoms with Crippen LogP contribution in [0, 0.1) is 11.2 Å². The summed E-state index contributed by atoms with van der Waals surface area (Å²) in [6.45, 7) is 0.850. The van der Waals surface area contributed by atoms with Crippen molar-refractivity contribution in [3.63, 3.8) is 0 Å². The molecule has 3 rings (SSSR count). The van der Waals surface area contributed by atoms with E-state index >= 15 is 0 Å². The van der Waals surface area contributed by atoms with E-state index in [0.717, 1.165) is 18.4 Å². The minimum atomic E-state index is -0.924. The van der Waals surface area contributed by atoms with Crippen molar-refractivity contribution in [3.8, 4) is 0 Å². The molecule has 2 amide bonds. The summed E-state index contributed by atoms with van der Waals surface area (Å²) in [5.41, 5.74) is 1.12. The third kappa shape index (κ3) is 4.48. The van der Waals surface area contributed by atoms with Crippen LogP contribution in [0.15, 0.2) is 54.6 Å². The number of halogens is 1. The summed E-state index contributed by atoms with van der Waals surface area (Å²) in [7, 11) is 0. The molecule has 4 nitrogen and oxygen atoms in total. The quantitative estimate of drug-likeness (QED) is 0.566. The summed E-state index contributed by atoms with van der Waals surface area (Å²) in [5, 5.41) is 5.69. The summed E-state index contributed by atoms with van der Waals surface area (Å²) >= 11 is 0. The lowest BCUT2D eigenvalue weighted by Crippen LogP contribution is -2.43. The highest BCUT2D eigenvalue weighted by molar-refractivity contribution is 6.07. The maximum absolute atomic E-state index is 12.9. The summed E-state index contributed by atoms with van der Waals surface area (Å²) in [5.74, 6) is -0.752. The van der Waals surface area contributed by atoms with E-state index in [4.69, 9.17) is 0 Å². The molecule has 0 aromatic heterocycles. The molecule has 136 valence electrons. The standard InChI is InChI=1S/C21H23FN2O2/c22-18-10-8-17(9-11-18)15-24-20(26)21(12-13-21)19(25)23-14-4-7-16-5-2-1-3-6-16/h1-3,5-6,8-11H,4,7,12-15H2,(H,23,25)(H,24,26). The van der Waals surface area contributed by atoms with Gasteiger partial charge in [-0.2, -0.15) is 0 Å². The number of hydrogen-bond acceptors (Lipinski definition) is 2. The first-order valence-electron chi connectivity index (χ1n) is 8.95. The second kappa shape index (κ2) is 8.13. The molecule has 0 saturated heterocycles. The Morgan fingerprint density at radius 3 is 2.19 bits per heavy atom. The Balaban J connectivity index is 1.42. The van der Waals surface area contributed by atoms with Crippen molar-refractivity contribution in [1.82, 2.24) is 10.6 Å². The Morgan fingerprint density at radius 2 is 1.54 bits per heavy atom. The fourth-order valence-corrected chi connectivity index (χ4v) is 2.94. The molecular weight excluding hydrogens is 331 g/mol. The number of aryl methyl sites for hydroxylation is 1. The molecule has 0 unspecified atom stereocenters. The number of hydrogen-bond donors (Lipinski definition) is 2. The van der Waals surface area contributed by atoms with Gasteiger partial charge in [-0.3, -0.25) is 9.59 Å². The van der Waals surface area contributed by atoms with Crippen LogP contribution < -0.4 is 10.6 Å². The van der Waals surface area contributed by atoms with Gasteiger partial charge in [-0.05, 0) is 48.9 Å². The van der Waals surface area contributed by atoms with Gasteiger partial charge in [0, 0.05) is 13.1 Å². The van der Waals surface area contributed by atoms with Crippen LogP contribution in [0.3, 0.4) is 0 Å². The second-order valence-corrected chi connectivity index (χ2v) is 6.74. The van der Waals surface area contributed by atoms with Gasteiger partial charge in [-0.25, -0.2) is 4.39 Å². The molecule has 2 aromatic rings. The lowest BCUT2D eigenvalue weighted by Gasteiger charge is -2.15. The van der Waals surface area contributed by atoms with E-state index in [2.05, 4.69) is 22.8 Å². The zero-order chi connectivity index (χ0) is 18.4. The van der Waals surface area contributed by atoms with Gasteiger partial charge >= 0.3 is 0 Å². The molecule has 1 aliphatic carbocycles. The first kappa shape index (κ1) is 18.1. The third-order valence-electron chi connectivity index (χ3n) is 4.76. The van der Waals surface area contributed by atoms with E-state index in [9.17, 15) is 14.0 Å². The minimum absolute atomic E-state index is 0.192. The predicted octanol–water partition coefficient (Wildman–Crippen LogP) is 2.97. The molecule has 0 atom stereocenters. The van der Waals surface area contributed by atoms with Crippen LogP contribution in [0.2, 0.25) is 0 Å². The number of benzene rings is 2. The molecule has 1 saturated carbocycles. The van der Waals surface area contributed by atoms with Gasteiger partial charge in [-0.15, -0.1) is 0 Å². The van der Waals surface area contributed by atoms with Gasteiger partial charge in [0.25, 0.3) is 0 Å². The third-order valence-corrected chi connectivity index (χ3v) is 4.76. The first-order valence-corrected chi connectivity index (χ1v) is 8.95. The molecule has 0 heterocycles. The number of amides is 2. The van der Waals surface area contributed by atoms with Gasteiger partial charge in [-0.1, -0.05) is 42.5 Å². The number of nitrogens with one attached hydrogen (secondary N) is 2. The maximum atomic E-state index is 12.9. The van der Waals surface area contributed by atoms with E-state index in [1.165, 1.54) is 17.7 Å². The van der Waals surface area contributed by atoms with Crippen molar-refractivity contribution >= 4 is 11.8 Å². The summed E-state index contributed by atoms with van der Waals surface area (Å²) < 4.78 is 12.9. The Hall–Kier alpha value is -2.69. The summed E-state index contributed by atoms with van der Waals surface area (Å²) in [6.07, 6.45) is 2.88. The van der Waals surface area contributed by atoms with Gasteiger partial charge in [0.15, 0.2) is 0 Å². The van der Waals surface area contributed by atoms with Crippen LogP contribution in [0.5, 0.6) is 0 Å². The molecular formula is C21H23FN2O2. The van der Waals surface area contributed by atoms with Crippen LogP contribution >= 0.6 is 0 Å². The van der Waals surface area contributed by atoms with E-state index in [1.807, 2.05) is 18.2 Å². The number of carbonyl (C=O) groups is 2. The average molecular weight is 354 g/mol. The van der Waals surface area contributed by atoms with Gasteiger partial charge in [0.05, 0.1) is 0 Å². The Bertz CT molecular complexity index is 755. The van der Waals surface area contributed by atoms with Crippen molar-refractivity contribution in [2.75, 3.05) is 6.54 Å². The van der Waals surface area contributed by atoms with Crippen molar-refractivity contribution in [2.45, 2.75) is 32.2 Å². The summed E-state index contributed by atoms with van der Waals surface area (Å²) in [6, 6.07) is 16.1. The van der Waals surface area contributed by atoms with E-state index in [1.54, 1.807) is 12.1 Å². The molecule has 1 fully saturated rings. The van der Waals surface area contributed by atoms with Gasteiger partial charge in [0.1, 0.15) is 11.2 Å². The first-order chi connectivity index (χ1) is 12.6. The number of rotatable bonds is 8. The largest absolute Gasteiger partial charge is 0.355 e. The van der Waals surface area contributed by atoms with Gasteiger partial charge < -0.3 is 10.6 Å². The zero-order valence-corrected chi connectivity index (χ0v) is 14.6. The van der Waals surface area contributed by atoms with Crippen molar-refractivity contribution in [2.24, 2.45) is 5.41 Å². The van der Waals surface area contributed by atoms with Crippen molar-refractivity contribution < 1.29 is 14.0 Å². The normalized spacial score (nSPS) is 14.5. The van der Waals surface area contributed by atoms with E-state index in [0.29, 0.717) is 25.9 Å². The predicted molar refractivity (Wildman–Crippen MR) is 97.7 cm³/mol. The molecule has 0 radical (unpaired) electrons. The smallest absolute Gasteiger partial charge is 0.235 e. The van der Waals surface area contributed by atoms with Crippen LogP contribution in [-0.4, -0.2) is 18.4 Å². The fourth-order valence-electron chi connectivity index (χ4n) is 2.94. The van der Waals surface area contributed by atoms with Crippen LogP contribution in [-0.2, 0) is 22.6 Å². The van der Waals surface area contributed by atoms with E-state index in [-0.39, 0.29) is 17.6 Å². The maximum Gasteiger partial charge on any atom is 0.235 e. The molecule has 0 bridgehead atoms. The Morgan fingerprint density at radius 1 is 0.885 bits per heavy atom. The van der Waals surface area contributed by atoms with Crippen LogP contribution in [0.1, 0.15) is 30.4 Å². The number of carbonyl (C=O) groups excluding carboxylic acids is 2. The second-order valence-electron chi connectivity index (χ2n) is 6.74. The Labute approximate surface area is 152 Å². The van der Waals surface area contributed by atoms with Crippen LogP contribution in [0.25, 0.3) is 0 Å². The minimum Gasteiger partial charge on any atom is -0.355 e. The summed E-state index contributed by atoms with van der Waals surface area (Å²) in [4.78, 5) is 24.8. The molecule has 5 heteroatoms. The highest BCUT2D eigenvalue weighted by Gasteiger charge is 2.56. The molecule has 2 aromatic carbocycles.